The number of nitriles is 1. The monoisotopic (exact) mass is 243 g/mol. The fourth-order valence-electron chi connectivity index (χ4n) is 0.776. The highest BCUT2D eigenvalue weighted by Crippen LogP contribution is 2.10. The number of nitrogens with one attached hydrogen (secondary N) is 1. The summed E-state index contributed by atoms with van der Waals surface area (Å²) in [7, 11) is 1.60. The molecule has 1 aromatic heterocycles. The Hall–Kier alpha value is -1.42. The fraction of sp³-hybridized carbons (Fsp3) is 0.333. The molecule has 68 valence electrons. The lowest BCUT2D eigenvalue weighted by molar-refractivity contribution is 0.0948. The van der Waals surface area contributed by atoms with Gasteiger partial charge >= 0.3 is 0 Å². The zero-order valence-electron chi connectivity index (χ0n) is 6.78. The number of aromatic nitrogens is 3. The fourth-order valence-corrected chi connectivity index (χ4v) is 1.28. The number of nitrogens with zero attached hydrogens (tertiary/aromatic N) is 4. The normalized spacial score (nSPS) is 9.31. The van der Waals surface area contributed by atoms with Gasteiger partial charge in [0, 0.05) is 7.05 Å². The molecule has 0 fully saturated rings. The lowest BCUT2D eigenvalue weighted by Gasteiger charge is -1.99. The summed E-state index contributed by atoms with van der Waals surface area (Å²) in [4.78, 5) is 11.3. The summed E-state index contributed by atoms with van der Waals surface area (Å²) in [6, 6.07) is 1.80. The van der Waals surface area contributed by atoms with Crippen LogP contribution in [-0.2, 0) is 7.05 Å². The second-order valence-electron chi connectivity index (χ2n) is 2.19. The van der Waals surface area contributed by atoms with Crippen LogP contribution >= 0.6 is 15.9 Å². The molecule has 0 radical (unpaired) electrons. The molecular formula is C6H6BrN5O. The van der Waals surface area contributed by atoms with E-state index in [0.29, 0.717) is 10.3 Å². The van der Waals surface area contributed by atoms with E-state index in [-0.39, 0.29) is 12.5 Å². The third-order valence-corrected chi connectivity index (χ3v) is 1.86. The molecule has 6 nitrogen and oxygen atoms in total. The Balaban J connectivity index is 2.83. The number of hydrogen-bond donors (Lipinski definition) is 1. The van der Waals surface area contributed by atoms with Gasteiger partial charge in [-0.1, -0.05) is 5.21 Å². The zero-order chi connectivity index (χ0) is 9.84. The van der Waals surface area contributed by atoms with Crippen LogP contribution in [0, 0.1) is 11.3 Å². The van der Waals surface area contributed by atoms with Crippen molar-refractivity contribution in [3.63, 3.8) is 0 Å². The summed E-state index contributed by atoms with van der Waals surface area (Å²) in [5, 5.41) is 17.9. The van der Waals surface area contributed by atoms with Gasteiger partial charge < -0.3 is 5.32 Å². The highest BCUT2D eigenvalue weighted by Gasteiger charge is 2.15. The highest BCUT2D eigenvalue weighted by atomic mass is 79.9. The Morgan fingerprint density at radius 1 is 1.85 bits per heavy atom. The molecule has 0 aliphatic heterocycles. The third-order valence-electron chi connectivity index (χ3n) is 1.33. The summed E-state index contributed by atoms with van der Waals surface area (Å²) < 4.78 is 1.70. The molecule has 0 aliphatic carbocycles. The molecule has 1 aromatic rings. The van der Waals surface area contributed by atoms with E-state index in [1.807, 2.05) is 0 Å². The minimum atomic E-state index is -0.374. The number of amides is 1. The van der Waals surface area contributed by atoms with E-state index in [1.165, 1.54) is 4.68 Å². The summed E-state index contributed by atoms with van der Waals surface area (Å²) in [5.74, 6) is -0.374. The lowest BCUT2D eigenvalue weighted by Crippen LogP contribution is -2.26. The first-order chi connectivity index (χ1) is 6.16. The first-order valence-corrected chi connectivity index (χ1v) is 4.16. The van der Waals surface area contributed by atoms with E-state index >= 15 is 0 Å². The molecule has 1 heterocycles. The van der Waals surface area contributed by atoms with E-state index in [9.17, 15) is 4.79 Å². The standard InChI is InChI=1S/C6H6BrN5O/c1-12-4(5(7)10-11-12)6(13)9-3-2-8/h3H2,1H3,(H,9,13). The quantitative estimate of drug-likeness (QED) is 0.732. The Labute approximate surface area is 82.7 Å². The number of halogens is 1. The Bertz CT molecular complexity index is 346. The maximum atomic E-state index is 11.3. The van der Waals surface area contributed by atoms with E-state index in [1.54, 1.807) is 13.1 Å². The van der Waals surface area contributed by atoms with Crippen molar-refractivity contribution in [3.8, 4) is 6.07 Å². The van der Waals surface area contributed by atoms with Crippen LogP contribution < -0.4 is 5.32 Å². The maximum absolute atomic E-state index is 11.3. The number of rotatable bonds is 2. The number of carbonyl (C=O) groups is 1. The third kappa shape index (κ3) is 2.03. The molecule has 0 unspecified atom stereocenters. The van der Waals surface area contributed by atoms with Gasteiger partial charge in [-0.05, 0) is 15.9 Å². The van der Waals surface area contributed by atoms with E-state index in [2.05, 4.69) is 31.6 Å². The van der Waals surface area contributed by atoms with Crippen molar-refractivity contribution in [1.82, 2.24) is 20.3 Å². The Morgan fingerprint density at radius 2 is 2.54 bits per heavy atom. The second-order valence-corrected chi connectivity index (χ2v) is 2.94. The largest absolute Gasteiger partial charge is 0.338 e. The van der Waals surface area contributed by atoms with Crippen LogP contribution in [0.4, 0.5) is 0 Å². The molecule has 0 atom stereocenters. The van der Waals surface area contributed by atoms with Gasteiger partial charge in [-0.2, -0.15) is 5.26 Å². The van der Waals surface area contributed by atoms with Crippen molar-refractivity contribution in [2.75, 3.05) is 6.54 Å². The van der Waals surface area contributed by atoms with Gasteiger partial charge in [0.15, 0.2) is 10.3 Å². The maximum Gasteiger partial charge on any atom is 0.273 e. The lowest BCUT2D eigenvalue weighted by atomic mass is 10.4. The predicted molar refractivity (Wildman–Crippen MR) is 46.6 cm³/mol. The van der Waals surface area contributed by atoms with E-state index < -0.39 is 0 Å². The summed E-state index contributed by atoms with van der Waals surface area (Å²) in [6.07, 6.45) is 0. The van der Waals surface area contributed by atoms with Crippen LogP contribution in [0.15, 0.2) is 4.60 Å². The molecule has 0 aromatic carbocycles. The molecule has 0 aliphatic rings. The van der Waals surface area contributed by atoms with Crippen LogP contribution in [0.1, 0.15) is 10.5 Å². The average molecular weight is 244 g/mol. The molecule has 0 saturated carbocycles. The Kier molecular flexibility index (Phi) is 2.97. The molecule has 1 N–H and O–H groups in total. The molecule has 7 heteroatoms. The first-order valence-electron chi connectivity index (χ1n) is 3.37. The number of aryl methyl sites for hydroxylation is 1. The van der Waals surface area contributed by atoms with E-state index in [0.717, 1.165) is 0 Å². The molecule has 1 rings (SSSR count). The van der Waals surface area contributed by atoms with Crippen LogP contribution in [0.5, 0.6) is 0 Å². The van der Waals surface area contributed by atoms with Gasteiger partial charge in [0.2, 0.25) is 0 Å². The van der Waals surface area contributed by atoms with Crippen molar-refractivity contribution in [3.05, 3.63) is 10.3 Å². The van der Waals surface area contributed by atoms with Crippen molar-refractivity contribution >= 4 is 21.8 Å². The minimum absolute atomic E-state index is 0.0313. The van der Waals surface area contributed by atoms with Crippen molar-refractivity contribution < 1.29 is 4.79 Å². The summed E-state index contributed by atoms with van der Waals surface area (Å²) in [5.41, 5.74) is 0.301. The van der Waals surface area contributed by atoms with E-state index in [4.69, 9.17) is 5.26 Å². The van der Waals surface area contributed by atoms with Gasteiger partial charge in [0.05, 0.1) is 6.07 Å². The topological polar surface area (TPSA) is 83.6 Å². The van der Waals surface area contributed by atoms with Crippen LogP contribution in [-0.4, -0.2) is 27.4 Å². The zero-order valence-corrected chi connectivity index (χ0v) is 8.37. The smallest absolute Gasteiger partial charge is 0.273 e. The first kappa shape index (κ1) is 9.67. The molecule has 0 spiro atoms. The van der Waals surface area contributed by atoms with Crippen LogP contribution in [0.3, 0.4) is 0 Å². The van der Waals surface area contributed by atoms with Crippen LogP contribution in [0.2, 0.25) is 0 Å². The number of hydrogen-bond acceptors (Lipinski definition) is 4. The Morgan fingerprint density at radius 3 is 3.00 bits per heavy atom. The van der Waals surface area contributed by atoms with Gasteiger partial charge in [-0.25, -0.2) is 4.68 Å². The SMILES string of the molecule is Cn1nnc(Br)c1C(=O)NCC#N. The summed E-state index contributed by atoms with van der Waals surface area (Å²) in [6.45, 7) is -0.0313. The summed E-state index contributed by atoms with van der Waals surface area (Å²) >= 11 is 3.07. The highest BCUT2D eigenvalue weighted by molar-refractivity contribution is 9.10. The molecule has 1 amide bonds. The van der Waals surface area contributed by atoms with Crippen molar-refractivity contribution in [1.29, 1.82) is 5.26 Å². The predicted octanol–water partition coefficient (Wildman–Crippen LogP) is -0.169. The molecular weight excluding hydrogens is 238 g/mol. The van der Waals surface area contributed by atoms with Gasteiger partial charge in [0.25, 0.3) is 5.91 Å². The van der Waals surface area contributed by atoms with Gasteiger partial charge in [0.1, 0.15) is 6.54 Å². The van der Waals surface area contributed by atoms with Crippen molar-refractivity contribution in [2.45, 2.75) is 0 Å². The molecule has 0 saturated heterocycles. The minimum Gasteiger partial charge on any atom is -0.338 e. The van der Waals surface area contributed by atoms with Crippen molar-refractivity contribution in [2.24, 2.45) is 7.05 Å². The van der Waals surface area contributed by atoms with Crippen LogP contribution in [0.25, 0.3) is 0 Å². The number of carbonyl (C=O) groups excluding carboxylic acids is 1. The molecule has 13 heavy (non-hydrogen) atoms. The van der Waals surface area contributed by atoms with Gasteiger partial charge in [-0.15, -0.1) is 5.10 Å². The second kappa shape index (κ2) is 4.00. The van der Waals surface area contributed by atoms with Gasteiger partial charge in [-0.3, -0.25) is 4.79 Å². The molecule has 0 bridgehead atoms. The average Bonchev–Trinajstić information content (AvgIpc) is 2.42.